The molecule has 0 aromatic heterocycles. The second-order valence-corrected chi connectivity index (χ2v) is 6.36. The van der Waals surface area contributed by atoms with Gasteiger partial charge < -0.3 is 15.1 Å². The van der Waals surface area contributed by atoms with E-state index in [1.165, 1.54) is 4.90 Å². The molecule has 2 amide bonds. The minimum atomic E-state index is -0.190. The molecule has 0 saturated heterocycles. The van der Waals surface area contributed by atoms with Gasteiger partial charge in [0.1, 0.15) is 0 Å². The van der Waals surface area contributed by atoms with E-state index in [4.69, 9.17) is 0 Å². The van der Waals surface area contributed by atoms with Crippen LogP contribution in [0.5, 0.6) is 0 Å². The number of carbonyl (C=O) groups excluding carboxylic acids is 2. The van der Waals surface area contributed by atoms with Crippen LogP contribution in [0.2, 0.25) is 0 Å². The second kappa shape index (κ2) is 9.04. The first-order chi connectivity index (χ1) is 12.5. The summed E-state index contributed by atoms with van der Waals surface area (Å²) in [6.07, 6.45) is 1.08. The van der Waals surface area contributed by atoms with Crippen molar-refractivity contribution in [3.8, 4) is 0 Å². The lowest BCUT2D eigenvalue weighted by Gasteiger charge is -2.22. The highest BCUT2D eigenvalue weighted by Crippen LogP contribution is 2.17. The highest BCUT2D eigenvalue weighted by molar-refractivity contribution is 6.05. The van der Waals surface area contributed by atoms with Crippen LogP contribution in [0.15, 0.2) is 48.5 Å². The number of carbonyl (C=O) groups is 2. The molecular formula is C21H27N3O2. The number of rotatable bonds is 7. The lowest BCUT2D eigenvalue weighted by molar-refractivity contribution is 0.0827. The maximum Gasteiger partial charge on any atom is 0.255 e. The van der Waals surface area contributed by atoms with Crippen LogP contribution in [0.25, 0.3) is 0 Å². The first-order valence-corrected chi connectivity index (χ1v) is 8.94. The van der Waals surface area contributed by atoms with Crippen LogP contribution in [0.1, 0.15) is 41.0 Å². The van der Waals surface area contributed by atoms with Crippen molar-refractivity contribution in [1.29, 1.82) is 0 Å². The normalized spacial score (nSPS) is 10.3. The van der Waals surface area contributed by atoms with Gasteiger partial charge in [-0.15, -0.1) is 0 Å². The molecule has 2 aromatic carbocycles. The van der Waals surface area contributed by atoms with Crippen LogP contribution in [0.4, 0.5) is 11.4 Å². The van der Waals surface area contributed by atoms with Gasteiger partial charge in [-0.1, -0.05) is 13.0 Å². The molecule has 5 nitrogen and oxygen atoms in total. The Kier molecular flexibility index (Phi) is 6.78. The average Bonchev–Trinajstić information content (AvgIpc) is 2.65. The van der Waals surface area contributed by atoms with E-state index in [1.54, 1.807) is 38.4 Å². The molecule has 2 rings (SSSR count). The first kappa shape index (κ1) is 19.5. The Labute approximate surface area is 155 Å². The number of hydrogen-bond acceptors (Lipinski definition) is 3. The van der Waals surface area contributed by atoms with E-state index in [0.717, 1.165) is 25.2 Å². The summed E-state index contributed by atoms with van der Waals surface area (Å²) in [6.45, 7) is 6.21. The van der Waals surface area contributed by atoms with Gasteiger partial charge in [-0.2, -0.15) is 0 Å². The van der Waals surface area contributed by atoms with Crippen LogP contribution in [-0.2, 0) is 0 Å². The van der Waals surface area contributed by atoms with Gasteiger partial charge in [0.15, 0.2) is 0 Å². The minimum absolute atomic E-state index is 0.0963. The molecule has 2 aromatic rings. The van der Waals surface area contributed by atoms with Crippen molar-refractivity contribution in [2.75, 3.05) is 37.4 Å². The number of nitrogens with zero attached hydrogens (tertiary/aromatic N) is 2. The SMILES string of the molecule is CCCN(CC)c1ccc(C(=O)Nc2cccc(C(=O)N(C)C)c2)cc1. The molecule has 0 radical (unpaired) electrons. The minimum Gasteiger partial charge on any atom is -0.372 e. The summed E-state index contributed by atoms with van der Waals surface area (Å²) in [6, 6.07) is 14.6. The summed E-state index contributed by atoms with van der Waals surface area (Å²) < 4.78 is 0. The summed E-state index contributed by atoms with van der Waals surface area (Å²) in [5.74, 6) is -0.287. The van der Waals surface area contributed by atoms with E-state index in [-0.39, 0.29) is 11.8 Å². The molecule has 0 aliphatic heterocycles. The fraction of sp³-hybridized carbons (Fsp3) is 0.333. The molecule has 0 heterocycles. The maximum atomic E-state index is 12.5. The van der Waals surface area contributed by atoms with Crippen molar-refractivity contribution in [2.24, 2.45) is 0 Å². The second-order valence-electron chi connectivity index (χ2n) is 6.36. The van der Waals surface area contributed by atoms with Gasteiger partial charge in [-0.3, -0.25) is 9.59 Å². The third-order valence-corrected chi connectivity index (χ3v) is 4.14. The fourth-order valence-corrected chi connectivity index (χ4v) is 2.75. The zero-order chi connectivity index (χ0) is 19.1. The molecule has 0 unspecified atom stereocenters. The standard InChI is InChI=1S/C21H27N3O2/c1-5-14-24(6-2)19-12-10-16(11-13-19)20(25)22-18-9-7-8-17(15-18)21(26)23(3)4/h7-13,15H,5-6,14H2,1-4H3,(H,22,25). The maximum absolute atomic E-state index is 12.5. The smallest absolute Gasteiger partial charge is 0.255 e. The molecule has 0 atom stereocenters. The molecule has 26 heavy (non-hydrogen) atoms. The summed E-state index contributed by atoms with van der Waals surface area (Å²) in [7, 11) is 3.40. The molecule has 138 valence electrons. The monoisotopic (exact) mass is 353 g/mol. The summed E-state index contributed by atoms with van der Waals surface area (Å²) in [5, 5.41) is 2.86. The van der Waals surface area contributed by atoms with Gasteiger partial charge >= 0.3 is 0 Å². The number of benzene rings is 2. The molecule has 0 aliphatic rings. The van der Waals surface area contributed by atoms with Crippen molar-refractivity contribution < 1.29 is 9.59 Å². The van der Waals surface area contributed by atoms with Crippen molar-refractivity contribution in [1.82, 2.24) is 4.90 Å². The van der Waals surface area contributed by atoms with Crippen molar-refractivity contribution >= 4 is 23.2 Å². The zero-order valence-corrected chi connectivity index (χ0v) is 16.0. The van der Waals surface area contributed by atoms with Crippen LogP contribution in [-0.4, -0.2) is 43.9 Å². The Bertz CT molecular complexity index is 754. The van der Waals surface area contributed by atoms with Gasteiger partial charge in [0.05, 0.1) is 0 Å². The van der Waals surface area contributed by atoms with E-state index >= 15 is 0 Å². The van der Waals surface area contributed by atoms with E-state index < -0.39 is 0 Å². The molecule has 0 spiro atoms. The summed E-state index contributed by atoms with van der Waals surface area (Å²) >= 11 is 0. The fourth-order valence-electron chi connectivity index (χ4n) is 2.75. The summed E-state index contributed by atoms with van der Waals surface area (Å²) in [4.78, 5) is 28.3. The van der Waals surface area contributed by atoms with Gasteiger partial charge in [-0.05, 0) is 55.8 Å². The molecule has 0 fully saturated rings. The largest absolute Gasteiger partial charge is 0.372 e. The van der Waals surface area contributed by atoms with Crippen LogP contribution in [0, 0.1) is 0 Å². The Morgan fingerprint density at radius 3 is 2.23 bits per heavy atom. The molecular weight excluding hydrogens is 326 g/mol. The highest BCUT2D eigenvalue weighted by Gasteiger charge is 2.11. The van der Waals surface area contributed by atoms with Crippen molar-refractivity contribution in [2.45, 2.75) is 20.3 Å². The predicted octanol–water partition coefficient (Wildman–Crippen LogP) is 3.88. The van der Waals surface area contributed by atoms with Gasteiger partial charge in [0, 0.05) is 49.7 Å². The quantitative estimate of drug-likeness (QED) is 0.822. The third kappa shape index (κ3) is 4.85. The van der Waals surface area contributed by atoms with E-state index in [1.807, 2.05) is 24.3 Å². The topological polar surface area (TPSA) is 52.7 Å². The molecule has 0 saturated carbocycles. The van der Waals surface area contributed by atoms with E-state index in [0.29, 0.717) is 16.8 Å². The Hall–Kier alpha value is -2.82. The van der Waals surface area contributed by atoms with Gasteiger partial charge in [0.2, 0.25) is 0 Å². The predicted molar refractivity (Wildman–Crippen MR) is 107 cm³/mol. The van der Waals surface area contributed by atoms with Crippen LogP contribution in [0.3, 0.4) is 0 Å². The molecule has 5 heteroatoms. The summed E-state index contributed by atoms with van der Waals surface area (Å²) in [5.41, 5.74) is 2.85. The molecule has 0 bridgehead atoms. The Morgan fingerprint density at radius 2 is 1.65 bits per heavy atom. The highest BCUT2D eigenvalue weighted by atomic mass is 16.2. The van der Waals surface area contributed by atoms with Gasteiger partial charge in [0.25, 0.3) is 11.8 Å². The molecule has 1 N–H and O–H groups in total. The zero-order valence-electron chi connectivity index (χ0n) is 16.0. The first-order valence-electron chi connectivity index (χ1n) is 8.94. The number of hydrogen-bond donors (Lipinski definition) is 1. The van der Waals surface area contributed by atoms with E-state index in [9.17, 15) is 9.59 Å². The lowest BCUT2D eigenvalue weighted by atomic mass is 10.1. The number of amides is 2. The van der Waals surface area contributed by atoms with Crippen LogP contribution >= 0.6 is 0 Å². The van der Waals surface area contributed by atoms with Crippen molar-refractivity contribution in [3.05, 3.63) is 59.7 Å². The Balaban J connectivity index is 2.10. The molecule has 0 aliphatic carbocycles. The van der Waals surface area contributed by atoms with Crippen LogP contribution < -0.4 is 10.2 Å². The van der Waals surface area contributed by atoms with Gasteiger partial charge in [-0.25, -0.2) is 0 Å². The third-order valence-electron chi connectivity index (χ3n) is 4.14. The number of anilines is 2. The van der Waals surface area contributed by atoms with E-state index in [2.05, 4.69) is 24.1 Å². The average molecular weight is 353 g/mol. The van der Waals surface area contributed by atoms with Crippen molar-refractivity contribution in [3.63, 3.8) is 0 Å². The number of nitrogens with one attached hydrogen (secondary N) is 1. The Morgan fingerprint density at radius 1 is 0.962 bits per heavy atom. The lowest BCUT2D eigenvalue weighted by Crippen LogP contribution is -2.23.